The smallest absolute Gasteiger partial charge is 0.409 e. The maximum absolute atomic E-state index is 13.8. The average Bonchev–Trinajstić information content (AvgIpc) is 2.55. The Labute approximate surface area is 139 Å². The molecule has 1 amide bonds. The van der Waals surface area contributed by atoms with Crippen molar-refractivity contribution in [3.05, 3.63) is 34.1 Å². The van der Waals surface area contributed by atoms with E-state index >= 15 is 0 Å². The van der Waals surface area contributed by atoms with Crippen molar-refractivity contribution < 1.29 is 23.6 Å². The van der Waals surface area contributed by atoms with E-state index in [-0.39, 0.29) is 29.6 Å². The van der Waals surface area contributed by atoms with Crippen molar-refractivity contribution in [2.24, 2.45) is 5.92 Å². The number of amides is 1. The van der Waals surface area contributed by atoms with E-state index in [2.05, 4.69) is 0 Å². The molecule has 1 aromatic carbocycles. The molecule has 1 heterocycles. The van der Waals surface area contributed by atoms with Crippen LogP contribution in [0.1, 0.15) is 26.7 Å². The van der Waals surface area contributed by atoms with Crippen molar-refractivity contribution in [3.8, 4) is 5.75 Å². The van der Waals surface area contributed by atoms with Crippen molar-refractivity contribution in [1.82, 2.24) is 4.90 Å². The Morgan fingerprint density at radius 1 is 1.42 bits per heavy atom. The van der Waals surface area contributed by atoms with Crippen LogP contribution in [-0.2, 0) is 4.74 Å². The molecule has 0 unspecified atom stereocenters. The van der Waals surface area contributed by atoms with E-state index in [1.165, 1.54) is 12.1 Å². The van der Waals surface area contributed by atoms with Crippen LogP contribution in [0, 0.1) is 21.8 Å². The molecule has 1 aromatic rings. The zero-order chi connectivity index (χ0) is 17.7. The van der Waals surface area contributed by atoms with Gasteiger partial charge in [0.05, 0.1) is 17.6 Å². The summed E-state index contributed by atoms with van der Waals surface area (Å²) in [6.07, 6.45) is 0.513. The van der Waals surface area contributed by atoms with Crippen LogP contribution >= 0.6 is 0 Å². The quantitative estimate of drug-likeness (QED) is 0.606. The molecular formula is C16H21FN2O5. The van der Waals surface area contributed by atoms with Crippen LogP contribution in [-0.4, -0.2) is 41.7 Å². The van der Waals surface area contributed by atoms with Crippen molar-refractivity contribution in [2.75, 3.05) is 19.7 Å². The molecule has 1 saturated heterocycles. The summed E-state index contributed by atoms with van der Waals surface area (Å²) >= 11 is 0. The molecule has 8 heteroatoms. The summed E-state index contributed by atoms with van der Waals surface area (Å²) in [7, 11) is 0. The number of nitrogens with zero attached hydrogens (tertiary/aromatic N) is 2. The van der Waals surface area contributed by atoms with E-state index in [4.69, 9.17) is 9.47 Å². The molecule has 0 radical (unpaired) electrons. The number of hydrogen-bond acceptors (Lipinski definition) is 5. The lowest BCUT2D eigenvalue weighted by molar-refractivity contribution is -0.385. The third kappa shape index (κ3) is 4.81. The van der Waals surface area contributed by atoms with Gasteiger partial charge in [0.25, 0.3) is 5.69 Å². The van der Waals surface area contributed by atoms with Crippen molar-refractivity contribution in [2.45, 2.75) is 32.8 Å². The molecule has 0 spiro atoms. The summed E-state index contributed by atoms with van der Waals surface area (Å²) in [5.74, 6) is -0.496. The number of rotatable bonds is 5. The number of nitro benzene ring substituents is 1. The van der Waals surface area contributed by atoms with E-state index in [0.717, 1.165) is 6.07 Å². The van der Waals surface area contributed by atoms with Gasteiger partial charge in [0, 0.05) is 32.0 Å². The first-order valence-electron chi connectivity index (χ1n) is 7.89. The number of hydrogen-bond donors (Lipinski definition) is 0. The van der Waals surface area contributed by atoms with Gasteiger partial charge in [0.2, 0.25) is 0 Å². The van der Waals surface area contributed by atoms with Crippen molar-refractivity contribution >= 4 is 11.8 Å². The maximum Gasteiger partial charge on any atom is 0.409 e. The number of non-ortho nitro benzene ring substituents is 1. The molecule has 0 aliphatic carbocycles. The second kappa shape index (κ2) is 7.94. The maximum atomic E-state index is 13.8. The number of piperidine rings is 1. The number of halogens is 1. The second-order valence-electron chi connectivity index (χ2n) is 6.15. The van der Waals surface area contributed by atoms with Gasteiger partial charge in [0.15, 0.2) is 11.6 Å². The number of likely N-dealkylation sites (tertiary alicyclic amines) is 1. The highest BCUT2D eigenvalue weighted by molar-refractivity contribution is 5.67. The van der Waals surface area contributed by atoms with Gasteiger partial charge in [-0.15, -0.1) is 0 Å². The highest BCUT2D eigenvalue weighted by Gasteiger charge is 2.26. The summed E-state index contributed by atoms with van der Waals surface area (Å²) < 4.78 is 24.6. The fourth-order valence-corrected chi connectivity index (χ4v) is 2.36. The summed E-state index contributed by atoms with van der Waals surface area (Å²) in [6.45, 7) is 5.24. The largest absolute Gasteiger partial charge is 0.487 e. The molecule has 0 saturated carbocycles. The molecule has 1 aliphatic rings. The van der Waals surface area contributed by atoms with Crippen molar-refractivity contribution in [3.63, 3.8) is 0 Å². The highest BCUT2D eigenvalue weighted by atomic mass is 19.1. The Morgan fingerprint density at radius 3 is 2.62 bits per heavy atom. The van der Waals surface area contributed by atoms with Crippen LogP contribution in [0.5, 0.6) is 5.75 Å². The Balaban J connectivity index is 1.85. The standard InChI is InChI=1S/C16H21FN2O5/c1-11(2)10-23-16(20)18-7-5-13(6-8-18)24-15-4-3-12(19(21)22)9-14(15)17/h3-4,9,11,13H,5-8,10H2,1-2H3. The monoisotopic (exact) mass is 340 g/mol. The second-order valence-corrected chi connectivity index (χ2v) is 6.15. The van der Waals surface area contributed by atoms with E-state index in [1.54, 1.807) is 4.90 Å². The number of benzene rings is 1. The lowest BCUT2D eigenvalue weighted by Crippen LogP contribution is -2.42. The Bertz CT molecular complexity index is 600. The summed E-state index contributed by atoms with van der Waals surface area (Å²) in [4.78, 5) is 23.4. The Hall–Kier alpha value is -2.38. The normalized spacial score (nSPS) is 15.4. The van der Waals surface area contributed by atoms with Crippen LogP contribution in [0.15, 0.2) is 18.2 Å². The topological polar surface area (TPSA) is 81.9 Å². The van der Waals surface area contributed by atoms with Crippen molar-refractivity contribution in [1.29, 1.82) is 0 Å². The van der Waals surface area contributed by atoms with Crippen LogP contribution in [0.3, 0.4) is 0 Å². The first-order valence-corrected chi connectivity index (χ1v) is 7.89. The number of nitro groups is 1. The third-order valence-corrected chi connectivity index (χ3v) is 3.66. The highest BCUT2D eigenvalue weighted by Crippen LogP contribution is 2.25. The molecule has 7 nitrogen and oxygen atoms in total. The Morgan fingerprint density at radius 2 is 2.08 bits per heavy atom. The molecule has 1 aliphatic heterocycles. The molecule has 2 rings (SSSR count). The minimum absolute atomic E-state index is 0.0126. The molecule has 132 valence electrons. The van der Waals surface area contributed by atoms with E-state index in [0.29, 0.717) is 32.5 Å². The number of ether oxygens (including phenoxy) is 2. The summed E-state index contributed by atoms with van der Waals surface area (Å²) in [5.41, 5.74) is -0.317. The van der Waals surface area contributed by atoms with Crippen LogP contribution in [0.4, 0.5) is 14.9 Å². The first-order chi connectivity index (χ1) is 11.4. The molecule has 24 heavy (non-hydrogen) atoms. The summed E-state index contributed by atoms with van der Waals surface area (Å²) in [5, 5.41) is 10.6. The predicted molar refractivity (Wildman–Crippen MR) is 84.5 cm³/mol. The molecule has 0 N–H and O–H groups in total. The zero-order valence-corrected chi connectivity index (χ0v) is 13.7. The van der Waals surface area contributed by atoms with Gasteiger partial charge in [0.1, 0.15) is 6.10 Å². The third-order valence-electron chi connectivity index (χ3n) is 3.66. The van der Waals surface area contributed by atoms with Gasteiger partial charge in [-0.1, -0.05) is 13.8 Å². The van der Waals surface area contributed by atoms with Gasteiger partial charge in [-0.2, -0.15) is 0 Å². The van der Waals surface area contributed by atoms with Gasteiger partial charge in [-0.3, -0.25) is 10.1 Å². The SMILES string of the molecule is CC(C)COC(=O)N1CCC(Oc2ccc([N+](=O)[O-])cc2F)CC1. The molecule has 1 fully saturated rings. The zero-order valence-electron chi connectivity index (χ0n) is 13.7. The van der Waals surface area contributed by atoms with Crippen LogP contribution < -0.4 is 4.74 Å². The lowest BCUT2D eigenvalue weighted by atomic mass is 10.1. The van der Waals surface area contributed by atoms with Gasteiger partial charge in [-0.25, -0.2) is 9.18 Å². The molecule has 0 bridgehead atoms. The molecular weight excluding hydrogens is 319 g/mol. The molecule has 0 aromatic heterocycles. The van der Waals surface area contributed by atoms with Gasteiger partial charge >= 0.3 is 6.09 Å². The molecule has 0 atom stereocenters. The van der Waals surface area contributed by atoms with E-state index < -0.39 is 10.7 Å². The fourth-order valence-electron chi connectivity index (χ4n) is 2.36. The van der Waals surface area contributed by atoms with Gasteiger partial charge in [-0.05, 0) is 12.0 Å². The van der Waals surface area contributed by atoms with E-state index in [1.807, 2.05) is 13.8 Å². The average molecular weight is 340 g/mol. The van der Waals surface area contributed by atoms with E-state index in [9.17, 15) is 19.3 Å². The van der Waals surface area contributed by atoms with Crippen LogP contribution in [0.2, 0.25) is 0 Å². The first kappa shape index (κ1) is 18.0. The Kier molecular flexibility index (Phi) is 5.94. The minimum Gasteiger partial charge on any atom is -0.487 e. The van der Waals surface area contributed by atoms with Gasteiger partial charge < -0.3 is 14.4 Å². The number of carbonyl (C=O) groups excluding carboxylic acids is 1. The lowest BCUT2D eigenvalue weighted by Gasteiger charge is -2.31. The number of carbonyl (C=O) groups is 1. The predicted octanol–water partition coefficient (Wildman–Crippen LogP) is 3.37. The van der Waals surface area contributed by atoms with Crippen LogP contribution in [0.25, 0.3) is 0 Å². The summed E-state index contributed by atoms with van der Waals surface area (Å²) in [6, 6.07) is 3.31. The minimum atomic E-state index is -0.761. The fraction of sp³-hybridized carbons (Fsp3) is 0.562.